The third kappa shape index (κ3) is 3.57. The summed E-state index contributed by atoms with van der Waals surface area (Å²) in [6.07, 6.45) is 4.03. The maximum absolute atomic E-state index is 5.71. The van der Waals surface area contributed by atoms with Crippen molar-refractivity contribution in [1.29, 1.82) is 0 Å². The van der Waals surface area contributed by atoms with Crippen LogP contribution in [0.3, 0.4) is 0 Å². The first-order chi connectivity index (χ1) is 6.22. The molecule has 0 saturated carbocycles. The molecule has 1 heterocycles. The van der Waals surface area contributed by atoms with Crippen molar-refractivity contribution in [2.24, 2.45) is 5.73 Å². The second-order valence-electron chi connectivity index (χ2n) is 2.77. The molecule has 0 aliphatic carbocycles. The summed E-state index contributed by atoms with van der Waals surface area (Å²) in [7, 11) is 0. The maximum atomic E-state index is 5.71. The maximum Gasteiger partial charge on any atom is 0.222 e. The van der Waals surface area contributed by atoms with Gasteiger partial charge in [0, 0.05) is 12.6 Å². The Morgan fingerprint density at radius 2 is 2.15 bits per heavy atom. The molecule has 13 heavy (non-hydrogen) atoms. The Bertz CT molecular complexity index is 249. The van der Waals surface area contributed by atoms with Crippen LogP contribution < -0.4 is 11.1 Å². The van der Waals surface area contributed by atoms with Gasteiger partial charge in [-0.15, -0.1) is 0 Å². The second-order valence-corrected chi connectivity index (χ2v) is 3.21. The van der Waals surface area contributed by atoms with Crippen LogP contribution in [-0.4, -0.2) is 22.6 Å². The first-order valence-electron chi connectivity index (χ1n) is 4.19. The fourth-order valence-corrected chi connectivity index (χ4v) is 0.868. The van der Waals surface area contributed by atoms with Crippen molar-refractivity contribution in [2.45, 2.75) is 19.4 Å². The molecule has 72 valence electrons. The summed E-state index contributed by atoms with van der Waals surface area (Å²) >= 11 is 5.62. The molecular weight excluding hydrogens is 188 g/mol. The van der Waals surface area contributed by atoms with E-state index in [-0.39, 0.29) is 6.04 Å². The monoisotopic (exact) mass is 200 g/mol. The number of hydrogen-bond donors (Lipinski definition) is 2. The van der Waals surface area contributed by atoms with E-state index >= 15 is 0 Å². The fraction of sp³-hybridized carbons (Fsp3) is 0.500. The highest BCUT2D eigenvalue weighted by molar-refractivity contribution is 6.30. The lowest BCUT2D eigenvalue weighted by Gasteiger charge is -2.09. The number of anilines is 1. The SMILES string of the molecule is CCC(N)CNc1ncc(Cl)cn1. The van der Waals surface area contributed by atoms with Gasteiger partial charge >= 0.3 is 0 Å². The lowest BCUT2D eigenvalue weighted by molar-refractivity contribution is 0.676. The minimum absolute atomic E-state index is 0.138. The Morgan fingerprint density at radius 1 is 1.54 bits per heavy atom. The molecular formula is C8H13ClN4. The van der Waals surface area contributed by atoms with Gasteiger partial charge in [-0.1, -0.05) is 18.5 Å². The zero-order chi connectivity index (χ0) is 9.68. The van der Waals surface area contributed by atoms with Gasteiger partial charge in [0.15, 0.2) is 0 Å². The molecule has 0 aromatic carbocycles. The van der Waals surface area contributed by atoms with E-state index in [9.17, 15) is 0 Å². The van der Waals surface area contributed by atoms with Gasteiger partial charge in [-0.25, -0.2) is 9.97 Å². The third-order valence-electron chi connectivity index (χ3n) is 1.67. The molecule has 0 amide bonds. The summed E-state index contributed by atoms with van der Waals surface area (Å²) in [6, 6.07) is 0.138. The lowest BCUT2D eigenvalue weighted by atomic mass is 10.2. The van der Waals surface area contributed by atoms with Gasteiger partial charge in [0.1, 0.15) is 0 Å². The van der Waals surface area contributed by atoms with E-state index in [2.05, 4.69) is 15.3 Å². The Labute approximate surface area is 82.5 Å². The van der Waals surface area contributed by atoms with Crippen molar-refractivity contribution in [2.75, 3.05) is 11.9 Å². The number of nitrogens with zero attached hydrogens (tertiary/aromatic N) is 2. The van der Waals surface area contributed by atoms with E-state index < -0.39 is 0 Å². The van der Waals surface area contributed by atoms with Crippen LogP contribution in [0.1, 0.15) is 13.3 Å². The Balaban J connectivity index is 2.41. The van der Waals surface area contributed by atoms with Crippen molar-refractivity contribution < 1.29 is 0 Å². The van der Waals surface area contributed by atoms with Crippen molar-refractivity contribution in [3.63, 3.8) is 0 Å². The highest BCUT2D eigenvalue weighted by Crippen LogP contribution is 2.05. The molecule has 4 nitrogen and oxygen atoms in total. The molecule has 0 saturated heterocycles. The summed E-state index contributed by atoms with van der Waals surface area (Å²) in [5.41, 5.74) is 5.71. The summed E-state index contributed by atoms with van der Waals surface area (Å²) in [5.74, 6) is 0.563. The largest absolute Gasteiger partial charge is 0.353 e. The smallest absolute Gasteiger partial charge is 0.222 e. The summed E-state index contributed by atoms with van der Waals surface area (Å²) in [5, 5.41) is 3.55. The molecule has 0 aliphatic heterocycles. The van der Waals surface area contributed by atoms with E-state index in [1.54, 1.807) is 12.4 Å². The van der Waals surface area contributed by atoms with Crippen molar-refractivity contribution in [3.8, 4) is 0 Å². The molecule has 0 fully saturated rings. The predicted octanol–water partition coefficient (Wildman–Crippen LogP) is 1.28. The molecule has 0 radical (unpaired) electrons. The number of nitrogens with two attached hydrogens (primary N) is 1. The minimum Gasteiger partial charge on any atom is -0.353 e. The molecule has 0 bridgehead atoms. The highest BCUT2D eigenvalue weighted by Gasteiger charge is 1.99. The van der Waals surface area contributed by atoms with Gasteiger partial charge in [-0.3, -0.25) is 0 Å². The molecule has 5 heteroatoms. The standard InChI is InChI=1S/C8H13ClN4/c1-2-7(10)5-13-8-11-3-6(9)4-12-8/h3-4,7H,2,5,10H2,1H3,(H,11,12,13). The van der Waals surface area contributed by atoms with Crippen LogP contribution in [0.15, 0.2) is 12.4 Å². The molecule has 1 unspecified atom stereocenters. The normalized spacial score (nSPS) is 12.5. The summed E-state index contributed by atoms with van der Waals surface area (Å²) in [6.45, 7) is 2.72. The predicted molar refractivity (Wildman–Crippen MR) is 53.8 cm³/mol. The quantitative estimate of drug-likeness (QED) is 0.769. The molecule has 1 atom stereocenters. The van der Waals surface area contributed by atoms with E-state index in [1.165, 1.54) is 0 Å². The number of nitrogens with one attached hydrogen (secondary N) is 1. The molecule has 1 aromatic heterocycles. The van der Waals surface area contributed by atoms with Gasteiger partial charge in [0.25, 0.3) is 0 Å². The Hall–Kier alpha value is -0.870. The lowest BCUT2D eigenvalue weighted by Crippen LogP contribution is -2.28. The Kier molecular flexibility index (Phi) is 3.92. The fourth-order valence-electron chi connectivity index (χ4n) is 0.770. The zero-order valence-electron chi connectivity index (χ0n) is 7.50. The van der Waals surface area contributed by atoms with E-state index in [4.69, 9.17) is 17.3 Å². The van der Waals surface area contributed by atoms with Gasteiger partial charge in [-0.2, -0.15) is 0 Å². The van der Waals surface area contributed by atoms with Gasteiger partial charge in [0.05, 0.1) is 17.4 Å². The first kappa shape index (κ1) is 10.2. The van der Waals surface area contributed by atoms with Crippen LogP contribution in [0.25, 0.3) is 0 Å². The van der Waals surface area contributed by atoms with Crippen LogP contribution in [0.2, 0.25) is 5.02 Å². The van der Waals surface area contributed by atoms with Crippen LogP contribution in [0, 0.1) is 0 Å². The van der Waals surface area contributed by atoms with Gasteiger partial charge < -0.3 is 11.1 Å². The number of rotatable bonds is 4. The van der Waals surface area contributed by atoms with Crippen LogP contribution in [0.5, 0.6) is 0 Å². The number of halogens is 1. The number of hydrogen-bond acceptors (Lipinski definition) is 4. The second kappa shape index (κ2) is 4.99. The average molecular weight is 201 g/mol. The third-order valence-corrected chi connectivity index (χ3v) is 1.86. The summed E-state index contributed by atoms with van der Waals surface area (Å²) < 4.78 is 0. The van der Waals surface area contributed by atoms with Crippen molar-refractivity contribution in [1.82, 2.24) is 9.97 Å². The van der Waals surface area contributed by atoms with Crippen LogP contribution in [0.4, 0.5) is 5.95 Å². The number of aromatic nitrogens is 2. The van der Waals surface area contributed by atoms with Crippen LogP contribution in [-0.2, 0) is 0 Å². The summed E-state index contributed by atoms with van der Waals surface area (Å²) in [4.78, 5) is 7.95. The first-order valence-corrected chi connectivity index (χ1v) is 4.57. The average Bonchev–Trinajstić information content (AvgIpc) is 2.16. The van der Waals surface area contributed by atoms with E-state index in [1.807, 2.05) is 6.92 Å². The van der Waals surface area contributed by atoms with E-state index in [0.717, 1.165) is 6.42 Å². The zero-order valence-corrected chi connectivity index (χ0v) is 8.25. The topological polar surface area (TPSA) is 63.8 Å². The highest BCUT2D eigenvalue weighted by atomic mass is 35.5. The Morgan fingerprint density at radius 3 is 2.69 bits per heavy atom. The van der Waals surface area contributed by atoms with Gasteiger partial charge in [-0.05, 0) is 6.42 Å². The molecule has 3 N–H and O–H groups in total. The van der Waals surface area contributed by atoms with Crippen molar-refractivity contribution in [3.05, 3.63) is 17.4 Å². The minimum atomic E-state index is 0.138. The van der Waals surface area contributed by atoms with Crippen molar-refractivity contribution >= 4 is 17.5 Å². The molecule has 1 rings (SSSR count). The molecule has 0 aliphatic rings. The van der Waals surface area contributed by atoms with Crippen LogP contribution >= 0.6 is 11.6 Å². The van der Waals surface area contributed by atoms with E-state index in [0.29, 0.717) is 17.5 Å². The van der Waals surface area contributed by atoms with Gasteiger partial charge in [0.2, 0.25) is 5.95 Å². The molecule has 0 spiro atoms. The molecule has 1 aromatic rings.